The van der Waals surface area contributed by atoms with Crippen LogP contribution in [0.25, 0.3) is 0 Å². The van der Waals surface area contributed by atoms with Gasteiger partial charge in [-0.25, -0.2) is 13.1 Å². The lowest BCUT2D eigenvalue weighted by Gasteiger charge is -2.21. The fourth-order valence-corrected chi connectivity index (χ4v) is 4.16. The molecule has 2 heterocycles. The molecule has 1 amide bonds. The molecule has 1 saturated heterocycles. The molecule has 7 nitrogen and oxygen atoms in total. The van der Waals surface area contributed by atoms with Gasteiger partial charge in [0.05, 0.1) is 11.9 Å². The van der Waals surface area contributed by atoms with Crippen molar-refractivity contribution in [2.24, 2.45) is 11.8 Å². The molecular formula is C16H27N3O4S. The zero-order valence-corrected chi connectivity index (χ0v) is 15.8. The van der Waals surface area contributed by atoms with Gasteiger partial charge in [0, 0.05) is 31.1 Å². The SMILES string of the molecule is Cc1noc(C)c1CCC(=O)N1C[C@H](NS(C)(=O)=O)[C@@H](C(C)C)C1. The van der Waals surface area contributed by atoms with Crippen molar-refractivity contribution in [2.45, 2.75) is 46.6 Å². The van der Waals surface area contributed by atoms with Crippen molar-refractivity contribution in [3.05, 3.63) is 17.0 Å². The minimum atomic E-state index is -3.29. The Morgan fingerprint density at radius 1 is 1.38 bits per heavy atom. The summed E-state index contributed by atoms with van der Waals surface area (Å²) in [6.07, 6.45) is 2.12. The average Bonchev–Trinajstić information content (AvgIpc) is 2.99. The standard InChI is InChI=1S/C16H27N3O4S/c1-10(2)14-8-19(9-15(14)18-24(5,21)22)16(20)7-6-13-11(3)17-23-12(13)4/h10,14-15,18H,6-9H2,1-5H3/t14-,15+/m1/s1. The Bertz CT molecular complexity index is 677. The van der Waals surface area contributed by atoms with Gasteiger partial charge in [0.2, 0.25) is 15.9 Å². The predicted octanol–water partition coefficient (Wildman–Crippen LogP) is 1.26. The minimum absolute atomic E-state index is 0.0402. The van der Waals surface area contributed by atoms with Gasteiger partial charge >= 0.3 is 0 Å². The summed E-state index contributed by atoms with van der Waals surface area (Å²) in [4.78, 5) is 14.3. The van der Waals surface area contributed by atoms with E-state index < -0.39 is 10.0 Å². The third-order valence-electron chi connectivity index (χ3n) is 4.71. The number of nitrogens with zero attached hydrogens (tertiary/aromatic N) is 2. The van der Waals surface area contributed by atoms with Gasteiger partial charge < -0.3 is 9.42 Å². The molecule has 0 bridgehead atoms. The Kier molecular flexibility index (Phi) is 5.70. The number of aromatic nitrogens is 1. The van der Waals surface area contributed by atoms with E-state index in [2.05, 4.69) is 23.7 Å². The lowest BCUT2D eigenvalue weighted by Crippen LogP contribution is -2.41. The molecule has 136 valence electrons. The second kappa shape index (κ2) is 7.23. The zero-order chi connectivity index (χ0) is 18.1. The number of hydrogen-bond acceptors (Lipinski definition) is 5. The number of nitrogens with one attached hydrogen (secondary N) is 1. The van der Waals surface area contributed by atoms with Gasteiger partial charge in [-0.1, -0.05) is 19.0 Å². The fraction of sp³-hybridized carbons (Fsp3) is 0.750. The number of sulfonamides is 1. The molecule has 1 aliphatic rings. The van der Waals surface area contributed by atoms with Crippen molar-refractivity contribution in [3.8, 4) is 0 Å². The molecule has 1 aliphatic heterocycles. The molecule has 0 radical (unpaired) electrons. The summed E-state index contributed by atoms with van der Waals surface area (Å²) in [5, 5.41) is 3.90. The quantitative estimate of drug-likeness (QED) is 0.827. The topological polar surface area (TPSA) is 92.5 Å². The average molecular weight is 357 g/mol. The van der Waals surface area contributed by atoms with Crippen molar-refractivity contribution < 1.29 is 17.7 Å². The van der Waals surface area contributed by atoms with E-state index in [1.54, 1.807) is 4.90 Å². The van der Waals surface area contributed by atoms with Gasteiger partial charge in [-0.2, -0.15) is 0 Å². The first-order valence-corrected chi connectivity index (χ1v) is 10.1. The summed E-state index contributed by atoms with van der Waals surface area (Å²) in [6.45, 7) is 8.84. The van der Waals surface area contributed by atoms with Crippen LogP contribution in [-0.4, -0.2) is 49.8 Å². The van der Waals surface area contributed by atoms with Crippen LogP contribution in [0.5, 0.6) is 0 Å². The summed E-state index contributed by atoms with van der Waals surface area (Å²) >= 11 is 0. The summed E-state index contributed by atoms with van der Waals surface area (Å²) in [5.41, 5.74) is 1.80. The highest BCUT2D eigenvalue weighted by Gasteiger charge is 2.38. The van der Waals surface area contributed by atoms with Crippen LogP contribution in [0.3, 0.4) is 0 Å². The molecular weight excluding hydrogens is 330 g/mol. The highest BCUT2D eigenvalue weighted by atomic mass is 32.2. The summed E-state index contributed by atoms with van der Waals surface area (Å²) in [5.74, 6) is 1.21. The molecule has 1 N–H and O–H groups in total. The van der Waals surface area contributed by atoms with Crippen LogP contribution in [0.1, 0.15) is 37.3 Å². The van der Waals surface area contributed by atoms with Crippen LogP contribution in [0.4, 0.5) is 0 Å². The summed E-state index contributed by atoms with van der Waals surface area (Å²) in [6, 6.07) is -0.219. The molecule has 2 rings (SSSR count). The largest absolute Gasteiger partial charge is 0.361 e. The number of aryl methyl sites for hydroxylation is 2. The van der Waals surface area contributed by atoms with Crippen LogP contribution >= 0.6 is 0 Å². The Labute approximate surface area is 143 Å². The van der Waals surface area contributed by atoms with Gasteiger partial charge in [-0.3, -0.25) is 4.79 Å². The molecule has 1 aromatic heterocycles. The molecule has 1 fully saturated rings. The maximum atomic E-state index is 12.5. The van der Waals surface area contributed by atoms with E-state index in [-0.39, 0.29) is 17.9 Å². The van der Waals surface area contributed by atoms with Gasteiger partial charge in [0.15, 0.2) is 0 Å². The number of rotatable bonds is 6. The second-order valence-electron chi connectivity index (χ2n) is 7.01. The number of carbonyl (C=O) groups excluding carboxylic acids is 1. The highest BCUT2D eigenvalue weighted by Crippen LogP contribution is 2.26. The van der Waals surface area contributed by atoms with Crippen molar-refractivity contribution >= 4 is 15.9 Å². The minimum Gasteiger partial charge on any atom is -0.361 e. The normalized spacial score (nSPS) is 21.7. The fourth-order valence-electron chi connectivity index (χ4n) is 3.36. The van der Waals surface area contributed by atoms with Crippen LogP contribution in [0.2, 0.25) is 0 Å². The van der Waals surface area contributed by atoms with Gasteiger partial charge in [0.25, 0.3) is 0 Å². The molecule has 0 aromatic carbocycles. The second-order valence-corrected chi connectivity index (χ2v) is 8.79. The third kappa shape index (κ3) is 4.57. The Hall–Kier alpha value is -1.41. The first-order chi connectivity index (χ1) is 11.1. The Balaban J connectivity index is 2.00. The van der Waals surface area contributed by atoms with E-state index in [1.807, 2.05) is 13.8 Å². The number of hydrogen-bond donors (Lipinski definition) is 1. The van der Waals surface area contributed by atoms with E-state index in [9.17, 15) is 13.2 Å². The first kappa shape index (κ1) is 18.9. The van der Waals surface area contributed by atoms with Crippen molar-refractivity contribution in [2.75, 3.05) is 19.3 Å². The molecule has 2 atom stereocenters. The summed E-state index contributed by atoms with van der Waals surface area (Å²) in [7, 11) is -3.29. The molecule has 0 saturated carbocycles. The smallest absolute Gasteiger partial charge is 0.222 e. The maximum absolute atomic E-state index is 12.5. The highest BCUT2D eigenvalue weighted by molar-refractivity contribution is 7.88. The Morgan fingerprint density at radius 3 is 2.54 bits per heavy atom. The van der Waals surface area contributed by atoms with Crippen molar-refractivity contribution in [1.82, 2.24) is 14.8 Å². The predicted molar refractivity (Wildman–Crippen MR) is 91.0 cm³/mol. The lowest BCUT2D eigenvalue weighted by molar-refractivity contribution is -0.130. The number of amides is 1. The first-order valence-electron chi connectivity index (χ1n) is 8.25. The monoisotopic (exact) mass is 357 g/mol. The van der Waals surface area contributed by atoms with Gasteiger partial charge in [0.1, 0.15) is 5.76 Å². The van der Waals surface area contributed by atoms with Crippen LogP contribution in [0, 0.1) is 25.7 Å². The van der Waals surface area contributed by atoms with Crippen LogP contribution in [0.15, 0.2) is 4.52 Å². The molecule has 0 aliphatic carbocycles. The lowest BCUT2D eigenvalue weighted by atomic mass is 9.92. The van der Waals surface area contributed by atoms with Crippen molar-refractivity contribution in [1.29, 1.82) is 0 Å². The molecule has 24 heavy (non-hydrogen) atoms. The zero-order valence-electron chi connectivity index (χ0n) is 15.0. The molecule has 8 heteroatoms. The molecule has 0 spiro atoms. The number of carbonyl (C=O) groups is 1. The Morgan fingerprint density at radius 2 is 2.04 bits per heavy atom. The van der Waals surface area contributed by atoms with E-state index in [0.717, 1.165) is 23.3 Å². The van der Waals surface area contributed by atoms with E-state index >= 15 is 0 Å². The van der Waals surface area contributed by atoms with Crippen LogP contribution in [-0.2, 0) is 21.2 Å². The van der Waals surface area contributed by atoms with E-state index in [1.165, 1.54) is 0 Å². The van der Waals surface area contributed by atoms with Crippen molar-refractivity contribution in [3.63, 3.8) is 0 Å². The van der Waals surface area contributed by atoms with E-state index in [4.69, 9.17) is 4.52 Å². The van der Waals surface area contributed by atoms with Crippen LogP contribution < -0.4 is 4.72 Å². The van der Waals surface area contributed by atoms with Gasteiger partial charge in [-0.15, -0.1) is 0 Å². The third-order valence-corrected chi connectivity index (χ3v) is 5.44. The maximum Gasteiger partial charge on any atom is 0.222 e. The summed E-state index contributed by atoms with van der Waals surface area (Å²) < 4.78 is 30.9. The molecule has 1 aromatic rings. The number of likely N-dealkylation sites (tertiary alicyclic amines) is 1. The van der Waals surface area contributed by atoms with Gasteiger partial charge in [-0.05, 0) is 32.1 Å². The van der Waals surface area contributed by atoms with E-state index in [0.29, 0.717) is 31.8 Å². The molecule has 0 unspecified atom stereocenters.